The van der Waals surface area contributed by atoms with Crippen LogP contribution in [0.2, 0.25) is 0 Å². The zero-order valence-electron chi connectivity index (χ0n) is 21.1. The fourth-order valence-corrected chi connectivity index (χ4v) is 6.30. The van der Waals surface area contributed by atoms with Gasteiger partial charge < -0.3 is 9.47 Å². The van der Waals surface area contributed by atoms with E-state index in [0.717, 1.165) is 23.6 Å². The molecule has 3 aliphatic heterocycles. The van der Waals surface area contributed by atoms with Gasteiger partial charge in [0.1, 0.15) is 23.2 Å². The molecule has 1 amide bonds. The van der Waals surface area contributed by atoms with E-state index in [4.69, 9.17) is 9.47 Å². The molecule has 0 saturated carbocycles. The minimum atomic E-state index is -0.768. The van der Waals surface area contributed by atoms with Crippen LogP contribution < -0.4 is 0 Å². The maximum Gasteiger partial charge on any atom is 0.358 e. The van der Waals surface area contributed by atoms with Gasteiger partial charge in [-0.1, -0.05) is 19.1 Å². The van der Waals surface area contributed by atoms with Gasteiger partial charge in [-0.15, -0.1) is 11.8 Å². The lowest BCUT2D eigenvalue weighted by atomic mass is 9.80. The van der Waals surface area contributed by atoms with E-state index in [1.54, 1.807) is 32.9 Å². The van der Waals surface area contributed by atoms with E-state index in [1.165, 1.54) is 35.7 Å². The Bertz CT molecular complexity index is 1110. The van der Waals surface area contributed by atoms with Crippen LogP contribution in [0.5, 0.6) is 0 Å². The summed E-state index contributed by atoms with van der Waals surface area (Å²) in [5.74, 6) is -3.12. The lowest BCUT2D eigenvalue weighted by molar-refractivity contribution is -0.174. The van der Waals surface area contributed by atoms with Crippen LogP contribution in [0.4, 0.5) is 4.39 Å². The number of amides is 1. The van der Waals surface area contributed by atoms with Crippen LogP contribution in [0, 0.1) is 23.1 Å². The van der Waals surface area contributed by atoms with Crippen molar-refractivity contribution >= 4 is 35.4 Å². The molecular formula is C26H31FN2O6S. The van der Waals surface area contributed by atoms with Crippen molar-refractivity contribution in [1.29, 1.82) is 0 Å². The van der Waals surface area contributed by atoms with Crippen LogP contribution in [0.3, 0.4) is 0 Å². The molecule has 0 aliphatic carbocycles. The van der Waals surface area contributed by atoms with Crippen LogP contribution >= 0.6 is 11.8 Å². The van der Waals surface area contributed by atoms with Crippen molar-refractivity contribution in [2.45, 2.75) is 52.5 Å². The molecule has 0 radical (unpaired) electrons. The molecule has 2 saturated heterocycles. The summed E-state index contributed by atoms with van der Waals surface area (Å²) in [6.45, 7) is 10.0. The molecule has 0 aromatic heterocycles. The van der Waals surface area contributed by atoms with Crippen molar-refractivity contribution in [3.63, 3.8) is 0 Å². The molecule has 3 aliphatic rings. The van der Waals surface area contributed by atoms with Crippen LogP contribution in [0.1, 0.15) is 40.2 Å². The van der Waals surface area contributed by atoms with E-state index >= 15 is 0 Å². The Morgan fingerprint density at radius 3 is 2.33 bits per heavy atom. The molecular weight excluding hydrogens is 487 g/mol. The molecule has 1 aromatic rings. The summed E-state index contributed by atoms with van der Waals surface area (Å²) in [4.78, 5) is 54.3. The van der Waals surface area contributed by atoms with Crippen molar-refractivity contribution in [2.75, 3.05) is 19.9 Å². The average Bonchev–Trinajstić information content (AvgIpc) is 3.00. The number of hydrogen-bond acceptors (Lipinski definition) is 8. The number of carbonyl (C=O) groups excluding carboxylic acids is 4. The smallest absolute Gasteiger partial charge is 0.358 e. The van der Waals surface area contributed by atoms with Crippen molar-refractivity contribution in [1.82, 2.24) is 9.80 Å². The normalized spacial score (nSPS) is 24.2. The lowest BCUT2D eigenvalue weighted by Gasteiger charge is -2.44. The molecule has 0 bridgehead atoms. The van der Waals surface area contributed by atoms with Crippen LogP contribution in [-0.4, -0.2) is 64.6 Å². The number of thioether (sulfide) groups is 1. The maximum absolute atomic E-state index is 13.2. The van der Waals surface area contributed by atoms with Gasteiger partial charge in [-0.25, -0.2) is 9.18 Å². The third kappa shape index (κ3) is 5.06. The fourth-order valence-electron chi connectivity index (χ4n) is 4.72. The Labute approximate surface area is 214 Å². The summed E-state index contributed by atoms with van der Waals surface area (Å²) >= 11 is 1.53. The van der Waals surface area contributed by atoms with Gasteiger partial charge >= 0.3 is 11.9 Å². The van der Waals surface area contributed by atoms with E-state index in [2.05, 4.69) is 4.90 Å². The minimum absolute atomic E-state index is 0.142. The van der Waals surface area contributed by atoms with Crippen LogP contribution in [0.25, 0.3) is 0 Å². The van der Waals surface area contributed by atoms with Crippen LogP contribution in [-0.2, 0) is 35.2 Å². The third-order valence-electron chi connectivity index (χ3n) is 6.70. The summed E-state index contributed by atoms with van der Waals surface area (Å²) in [6, 6.07) is 5.99. The highest BCUT2D eigenvalue weighted by Crippen LogP contribution is 2.51. The molecule has 0 unspecified atom stereocenters. The number of carbonyl (C=O) groups is 4. The van der Waals surface area contributed by atoms with Gasteiger partial charge in [0.15, 0.2) is 0 Å². The quantitative estimate of drug-likeness (QED) is 0.224. The predicted molar refractivity (Wildman–Crippen MR) is 131 cm³/mol. The van der Waals surface area contributed by atoms with Crippen molar-refractivity contribution < 1.29 is 33.0 Å². The fraction of sp³-hybridized carbons (Fsp3) is 0.538. The monoisotopic (exact) mass is 518 g/mol. The first kappa shape index (κ1) is 26.3. The van der Waals surface area contributed by atoms with E-state index in [0.29, 0.717) is 6.54 Å². The molecule has 36 heavy (non-hydrogen) atoms. The maximum atomic E-state index is 13.2. The highest BCUT2D eigenvalue weighted by Gasteiger charge is 2.60. The lowest BCUT2D eigenvalue weighted by Crippen LogP contribution is -2.62. The SMILES string of the molecule is CC(=O)[C@H]1C(=O)N2C(C(=O)OCOC(=O)C(C)(C)C)=C(SC3CN(Cc4ccc(F)cc4)C3)[C@H](C)[C@H]12. The second-order valence-corrected chi connectivity index (χ2v) is 11.9. The molecule has 2 fully saturated rings. The predicted octanol–water partition coefficient (Wildman–Crippen LogP) is 3.11. The van der Waals surface area contributed by atoms with E-state index in [9.17, 15) is 23.6 Å². The average molecular weight is 519 g/mol. The molecule has 3 atom stereocenters. The zero-order valence-corrected chi connectivity index (χ0v) is 21.9. The molecule has 10 heteroatoms. The van der Waals surface area contributed by atoms with Gasteiger partial charge in [0.05, 0.1) is 11.5 Å². The summed E-state index contributed by atoms with van der Waals surface area (Å²) < 4.78 is 23.5. The highest BCUT2D eigenvalue weighted by atomic mass is 32.2. The van der Waals surface area contributed by atoms with Crippen molar-refractivity contribution in [2.24, 2.45) is 17.3 Å². The molecule has 3 heterocycles. The van der Waals surface area contributed by atoms with Gasteiger partial charge in [0.2, 0.25) is 12.7 Å². The van der Waals surface area contributed by atoms with Gasteiger partial charge in [0, 0.05) is 35.7 Å². The summed E-state index contributed by atoms with van der Waals surface area (Å²) in [6.07, 6.45) is 0. The Morgan fingerprint density at radius 2 is 1.75 bits per heavy atom. The number of β-lactam (4-membered cyclic amide) rings is 1. The molecule has 0 spiro atoms. The number of halogens is 1. The number of rotatable bonds is 8. The first-order chi connectivity index (χ1) is 16.9. The third-order valence-corrected chi connectivity index (χ3v) is 8.15. The standard InChI is InChI=1S/C26H31FN2O6S/c1-14-20-19(15(2)30)23(31)29(20)21(24(32)34-13-35-25(33)26(3,4)5)22(14)36-18-11-28(12-18)10-16-6-8-17(27)9-7-16/h6-9,14,18-20H,10-13H2,1-5H3/t14-,19-,20-/m1/s1. The number of ether oxygens (including phenoxy) is 2. The molecule has 1 aromatic carbocycles. The largest absolute Gasteiger partial charge is 0.427 e. The first-order valence-corrected chi connectivity index (χ1v) is 12.8. The van der Waals surface area contributed by atoms with Gasteiger partial charge in [-0.3, -0.25) is 24.2 Å². The Morgan fingerprint density at radius 1 is 1.11 bits per heavy atom. The number of fused-ring (bicyclic) bond motifs is 1. The summed E-state index contributed by atoms with van der Waals surface area (Å²) in [5, 5.41) is 0.189. The summed E-state index contributed by atoms with van der Waals surface area (Å²) in [5.41, 5.74) is 0.413. The first-order valence-electron chi connectivity index (χ1n) is 11.9. The van der Waals surface area contributed by atoms with Gasteiger partial charge in [-0.05, 0) is 45.4 Å². The number of benzene rings is 1. The molecule has 8 nitrogen and oxygen atoms in total. The van der Waals surface area contributed by atoms with Crippen molar-refractivity contribution in [3.8, 4) is 0 Å². The second kappa shape index (κ2) is 9.97. The number of likely N-dealkylation sites (tertiary alicyclic amines) is 1. The number of Topliss-reactive ketones (excluding diaryl/α,β-unsaturated/α-hetero) is 1. The minimum Gasteiger partial charge on any atom is -0.427 e. The van der Waals surface area contributed by atoms with E-state index < -0.39 is 42.0 Å². The Balaban J connectivity index is 1.44. The topological polar surface area (TPSA) is 93.2 Å². The number of esters is 2. The Hall–Kier alpha value is -2.72. The Kier molecular flexibility index (Phi) is 7.30. The molecule has 4 rings (SSSR count). The molecule has 0 N–H and O–H groups in total. The van der Waals surface area contributed by atoms with Gasteiger partial charge in [0.25, 0.3) is 0 Å². The van der Waals surface area contributed by atoms with Crippen molar-refractivity contribution in [3.05, 3.63) is 46.2 Å². The number of ketones is 1. The zero-order chi connectivity index (χ0) is 26.4. The van der Waals surface area contributed by atoms with E-state index in [1.807, 2.05) is 6.92 Å². The number of hydrogen-bond donors (Lipinski definition) is 0. The second-order valence-electron chi connectivity index (χ2n) is 10.6. The number of nitrogens with zero attached hydrogens (tertiary/aromatic N) is 2. The van der Waals surface area contributed by atoms with E-state index in [-0.39, 0.29) is 28.5 Å². The highest BCUT2D eigenvalue weighted by molar-refractivity contribution is 8.03. The van der Waals surface area contributed by atoms with Gasteiger partial charge in [-0.2, -0.15) is 0 Å². The summed E-state index contributed by atoms with van der Waals surface area (Å²) in [7, 11) is 0. The van der Waals surface area contributed by atoms with Crippen LogP contribution in [0.15, 0.2) is 34.9 Å². The molecule has 194 valence electrons.